The quantitative estimate of drug-likeness (QED) is 0.707. The Hall–Kier alpha value is -2.58. The Balaban J connectivity index is 0.00000240. The molecule has 1 fully saturated rings. The Morgan fingerprint density at radius 2 is 2.14 bits per heavy atom. The average molecular weight is 419 g/mol. The van der Waals surface area contributed by atoms with Crippen LogP contribution in [0.15, 0.2) is 30.6 Å². The average Bonchev–Trinajstić information content (AvgIpc) is 3.40. The number of hydrogen-bond acceptors (Lipinski definition) is 4. The van der Waals surface area contributed by atoms with Gasteiger partial charge in [0.1, 0.15) is 0 Å². The maximum atomic E-state index is 13.0. The summed E-state index contributed by atoms with van der Waals surface area (Å²) in [5.41, 5.74) is 3.79. The maximum Gasteiger partial charge on any atom is 0.321 e. The molecule has 1 saturated heterocycles. The summed E-state index contributed by atoms with van der Waals surface area (Å²) >= 11 is 0. The van der Waals surface area contributed by atoms with Crippen molar-refractivity contribution in [1.82, 2.24) is 20.4 Å². The molecule has 0 radical (unpaired) electrons. The molecule has 3 N–H and O–H groups in total. The first kappa shape index (κ1) is 21.1. The minimum absolute atomic E-state index is 0. The molecule has 2 aliphatic rings. The molecule has 1 aromatic carbocycles. The molecule has 8 nitrogen and oxygen atoms in total. The summed E-state index contributed by atoms with van der Waals surface area (Å²) in [7, 11) is 1.88. The number of nitrogens with zero attached hydrogens (tertiary/aromatic N) is 3. The monoisotopic (exact) mass is 418 g/mol. The lowest BCUT2D eigenvalue weighted by Gasteiger charge is -2.20. The van der Waals surface area contributed by atoms with E-state index in [1.54, 1.807) is 9.58 Å². The van der Waals surface area contributed by atoms with Gasteiger partial charge < -0.3 is 16.0 Å². The van der Waals surface area contributed by atoms with E-state index in [0.29, 0.717) is 19.6 Å². The molecule has 2 atom stereocenters. The second kappa shape index (κ2) is 8.84. The summed E-state index contributed by atoms with van der Waals surface area (Å²) in [5, 5.41) is 13.4. The highest BCUT2D eigenvalue weighted by atomic mass is 35.5. The number of amides is 3. The van der Waals surface area contributed by atoms with E-state index in [0.717, 1.165) is 35.5 Å². The molecule has 0 saturated carbocycles. The molecular formula is C20H27ClN6O2. The van der Waals surface area contributed by atoms with Crippen molar-refractivity contribution in [2.24, 2.45) is 13.0 Å². The van der Waals surface area contributed by atoms with Crippen LogP contribution in [-0.4, -0.2) is 47.9 Å². The molecule has 2 aliphatic heterocycles. The van der Waals surface area contributed by atoms with Crippen molar-refractivity contribution >= 4 is 35.7 Å². The zero-order valence-corrected chi connectivity index (χ0v) is 17.5. The second-order valence-electron chi connectivity index (χ2n) is 7.39. The summed E-state index contributed by atoms with van der Waals surface area (Å²) in [5.74, 6) is -0.0618. The minimum Gasteiger partial charge on any atom is -0.338 e. The molecule has 0 bridgehead atoms. The molecule has 1 aromatic heterocycles. The molecule has 4 rings (SSSR count). The number of fused-ring (bicyclic) bond motifs is 1. The van der Waals surface area contributed by atoms with E-state index in [-0.39, 0.29) is 36.2 Å². The number of aromatic nitrogens is 2. The van der Waals surface area contributed by atoms with E-state index in [1.165, 1.54) is 0 Å². The summed E-state index contributed by atoms with van der Waals surface area (Å²) in [6.45, 7) is 4.56. The maximum absolute atomic E-state index is 13.0. The van der Waals surface area contributed by atoms with E-state index in [9.17, 15) is 9.59 Å². The van der Waals surface area contributed by atoms with Crippen molar-refractivity contribution in [1.29, 1.82) is 0 Å². The Kier molecular flexibility index (Phi) is 6.44. The third-order valence-electron chi connectivity index (χ3n) is 5.53. The fourth-order valence-corrected chi connectivity index (χ4v) is 4.09. The molecule has 3 amide bonds. The van der Waals surface area contributed by atoms with E-state index in [1.807, 2.05) is 44.6 Å². The SMILES string of the molecule is CCNC(=O)N1CCc2ccc(NC(=O)[C@H]3CNC[C@@H]3c3cnn(C)c3)cc21.Cl. The minimum atomic E-state index is -0.156. The van der Waals surface area contributed by atoms with Crippen LogP contribution in [0.3, 0.4) is 0 Å². The van der Waals surface area contributed by atoms with Crippen molar-refractivity contribution in [3.05, 3.63) is 41.7 Å². The smallest absolute Gasteiger partial charge is 0.321 e. The Bertz CT molecular complexity index is 899. The van der Waals surface area contributed by atoms with Crippen molar-refractivity contribution in [2.45, 2.75) is 19.3 Å². The third-order valence-corrected chi connectivity index (χ3v) is 5.53. The van der Waals surface area contributed by atoms with E-state index >= 15 is 0 Å². The molecule has 0 spiro atoms. The highest BCUT2D eigenvalue weighted by molar-refractivity contribution is 5.97. The molecule has 0 aliphatic carbocycles. The number of urea groups is 1. The molecule has 156 valence electrons. The van der Waals surface area contributed by atoms with Crippen LogP contribution < -0.4 is 20.9 Å². The number of anilines is 2. The van der Waals surface area contributed by atoms with Gasteiger partial charge in [0.15, 0.2) is 0 Å². The summed E-state index contributed by atoms with van der Waals surface area (Å²) in [6.07, 6.45) is 4.63. The van der Waals surface area contributed by atoms with Crippen LogP contribution in [-0.2, 0) is 18.3 Å². The number of rotatable bonds is 4. The molecule has 2 aromatic rings. The fourth-order valence-electron chi connectivity index (χ4n) is 4.09. The van der Waals surface area contributed by atoms with Gasteiger partial charge in [0.25, 0.3) is 0 Å². The first-order valence-corrected chi connectivity index (χ1v) is 9.75. The Labute approximate surface area is 176 Å². The normalized spacial score (nSPS) is 20.1. The van der Waals surface area contributed by atoms with Gasteiger partial charge in [0.05, 0.1) is 17.8 Å². The first-order valence-electron chi connectivity index (χ1n) is 9.75. The van der Waals surface area contributed by atoms with Gasteiger partial charge in [0, 0.05) is 51.0 Å². The van der Waals surface area contributed by atoms with Crippen molar-refractivity contribution in [2.75, 3.05) is 36.4 Å². The van der Waals surface area contributed by atoms with Gasteiger partial charge in [-0.1, -0.05) is 6.07 Å². The van der Waals surface area contributed by atoms with Crippen LogP contribution in [0.25, 0.3) is 0 Å². The van der Waals surface area contributed by atoms with Crippen LogP contribution >= 0.6 is 12.4 Å². The topological polar surface area (TPSA) is 91.3 Å². The highest BCUT2D eigenvalue weighted by Crippen LogP contribution is 2.32. The summed E-state index contributed by atoms with van der Waals surface area (Å²) in [6, 6.07) is 5.72. The fraction of sp³-hybridized carbons (Fsp3) is 0.450. The molecule has 29 heavy (non-hydrogen) atoms. The summed E-state index contributed by atoms with van der Waals surface area (Å²) in [4.78, 5) is 27.0. The molecule has 9 heteroatoms. The van der Waals surface area contributed by atoms with Crippen molar-refractivity contribution < 1.29 is 9.59 Å². The zero-order valence-electron chi connectivity index (χ0n) is 16.6. The van der Waals surface area contributed by atoms with Crippen molar-refractivity contribution in [3.63, 3.8) is 0 Å². The van der Waals surface area contributed by atoms with Crippen molar-refractivity contribution in [3.8, 4) is 0 Å². The number of halogens is 1. The van der Waals surface area contributed by atoms with Gasteiger partial charge in [-0.3, -0.25) is 14.4 Å². The number of hydrogen-bond donors (Lipinski definition) is 3. The molecular weight excluding hydrogens is 392 g/mol. The lowest BCUT2D eigenvalue weighted by Crippen LogP contribution is -2.38. The largest absolute Gasteiger partial charge is 0.338 e. The second-order valence-corrected chi connectivity index (χ2v) is 7.39. The van der Waals surface area contributed by atoms with E-state index in [4.69, 9.17) is 0 Å². The van der Waals surface area contributed by atoms with Crippen LogP contribution in [0, 0.1) is 5.92 Å². The zero-order chi connectivity index (χ0) is 19.7. The summed E-state index contributed by atoms with van der Waals surface area (Å²) < 4.78 is 1.76. The van der Waals surface area contributed by atoms with Gasteiger partial charge in [-0.05, 0) is 36.6 Å². The van der Waals surface area contributed by atoms with E-state index in [2.05, 4.69) is 21.0 Å². The van der Waals surface area contributed by atoms with Crippen LogP contribution in [0.2, 0.25) is 0 Å². The Morgan fingerprint density at radius 3 is 2.86 bits per heavy atom. The standard InChI is InChI=1S/C20H26N6O2.ClH/c1-3-22-20(28)26-7-6-13-4-5-15(8-18(13)26)24-19(27)17-11-21-10-16(17)14-9-23-25(2)12-14;/h4-5,8-9,12,16-17,21H,3,6-7,10-11H2,1-2H3,(H,22,28)(H,24,27);1H/t16-,17+;/m1./s1. The number of benzene rings is 1. The number of nitrogens with one attached hydrogen (secondary N) is 3. The van der Waals surface area contributed by atoms with Crippen LogP contribution in [0.5, 0.6) is 0 Å². The predicted octanol–water partition coefficient (Wildman–Crippen LogP) is 1.88. The lowest BCUT2D eigenvalue weighted by molar-refractivity contribution is -0.119. The lowest BCUT2D eigenvalue weighted by atomic mass is 9.90. The van der Waals surface area contributed by atoms with Gasteiger partial charge in [-0.15, -0.1) is 12.4 Å². The molecule has 3 heterocycles. The highest BCUT2D eigenvalue weighted by Gasteiger charge is 2.35. The molecule has 0 unspecified atom stereocenters. The first-order chi connectivity index (χ1) is 13.6. The van der Waals surface area contributed by atoms with E-state index < -0.39 is 0 Å². The number of carbonyl (C=O) groups is 2. The van der Waals surface area contributed by atoms with Gasteiger partial charge in [0.2, 0.25) is 5.91 Å². The Morgan fingerprint density at radius 1 is 1.31 bits per heavy atom. The predicted molar refractivity (Wildman–Crippen MR) is 115 cm³/mol. The third kappa shape index (κ3) is 4.23. The van der Waals surface area contributed by atoms with Crippen LogP contribution in [0.4, 0.5) is 16.2 Å². The van der Waals surface area contributed by atoms with Gasteiger partial charge in [-0.25, -0.2) is 4.79 Å². The number of aryl methyl sites for hydroxylation is 1. The number of carbonyl (C=O) groups excluding carboxylic acids is 2. The van der Waals surface area contributed by atoms with Gasteiger partial charge in [-0.2, -0.15) is 5.10 Å². The van der Waals surface area contributed by atoms with Crippen LogP contribution in [0.1, 0.15) is 24.0 Å². The van der Waals surface area contributed by atoms with Gasteiger partial charge >= 0.3 is 6.03 Å².